The minimum Gasteiger partial charge on any atom is -0.494 e. The highest BCUT2D eigenvalue weighted by Crippen LogP contribution is 2.35. The van der Waals surface area contributed by atoms with Crippen molar-refractivity contribution < 1.29 is 14.1 Å². The Morgan fingerprint density at radius 1 is 1.61 bits per heavy atom. The van der Waals surface area contributed by atoms with E-state index < -0.39 is 0 Å². The number of nitrogens with zero attached hydrogens (tertiary/aromatic N) is 2. The lowest BCUT2D eigenvalue weighted by Gasteiger charge is -2.13. The third-order valence-electron chi connectivity index (χ3n) is 2.37. The maximum Gasteiger partial charge on any atom is 0.273 e. The Morgan fingerprint density at radius 3 is 2.89 bits per heavy atom. The van der Waals surface area contributed by atoms with E-state index in [9.17, 15) is 4.79 Å². The number of aromatic nitrogens is 1. The Bertz CT molecular complexity index is 579. The monoisotopic (exact) mass is 330 g/mol. The molecule has 0 aliphatic rings. The Morgan fingerprint density at radius 2 is 2.33 bits per heavy atom. The molecule has 18 heavy (non-hydrogen) atoms. The molecule has 2 heterocycles. The summed E-state index contributed by atoms with van der Waals surface area (Å²) in [6.45, 7) is 1.77. The van der Waals surface area contributed by atoms with Crippen LogP contribution in [0.5, 0.6) is 5.75 Å². The minimum atomic E-state index is -0.184. The molecule has 0 bridgehead atoms. The van der Waals surface area contributed by atoms with E-state index in [4.69, 9.17) is 9.26 Å². The van der Waals surface area contributed by atoms with E-state index in [1.165, 1.54) is 23.3 Å². The molecule has 0 spiro atoms. The fraction of sp³-hybridized carbons (Fsp3) is 0.273. The van der Waals surface area contributed by atoms with Crippen LogP contribution in [0.4, 0.5) is 5.82 Å². The van der Waals surface area contributed by atoms with Crippen molar-refractivity contribution in [2.24, 2.45) is 0 Å². The van der Waals surface area contributed by atoms with Crippen molar-refractivity contribution in [1.29, 1.82) is 0 Å². The lowest BCUT2D eigenvalue weighted by molar-refractivity contribution is 0.0992. The maximum absolute atomic E-state index is 12.3. The molecule has 0 aliphatic carbocycles. The van der Waals surface area contributed by atoms with Crippen molar-refractivity contribution in [3.8, 4) is 5.75 Å². The van der Waals surface area contributed by atoms with Crippen LogP contribution < -0.4 is 9.64 Å². The highest BCUT2D eigenvalue weighted by molar-refractivity contribution is 9.10. The van der Waals surface area contributed by atoms with Crippen molar-refractivity contribution in [2.45, 2.75) is 6.92 Å². The van der Waals surface area contributed by atoms with E-state index in [0.29, 0.717) is 22.2 Å². The van der Waals surface area contributed by atoms with Crippen molar-refractivity contribution in [3.05, 3.63) is 26.6 Å². The summed E-state index contributed by atoms with van der Waals surface area (Å²) in [6, 6.07) is 1.70. The van der Waals surface area contributed by atoms with Gasteiger partial charge in [-0.25, -0.2) is 0 Å². The average molecular weight is 331 g/mol. The summed E-state index contributed by atoms with van der Waals surface area (Å²) in [5, 5.41) is 5.62. The molecule has 5 nitrogen and oxygen atoms in total. The number of aryl methyl sites for hydroxylation is 1. The second kappa shape index (κ2) is 5.11. The molecule has 0 aromatic carbocycles. The molecular formula is C11H11BrN2O3S. The maximum atomic E-state index is 12.3. The summed E-state index contributed by atoms with van der Waals surface area (Å²) in [5.74, 6) is 1.49. The van der Waals surface area contributed by atoms with Crippen LogP contribution in [0, 0.1) is 6.92 Å². The molecule has 2 rings (SSSR count). The molecule has 7 heteroatoms. The first-order valence-corrected chi connectivity index (χ1v) is 6.74. The number of ether oxygens (including phenoxy) is 1. The number of methoxy groups -OCH3 is 1. The third-order valence-corrected chi connectivity index (χ3v) is 4.21. The average Bonchev–Trinajstić information content (AvgIpc) is 2.93. The largest absolute Gasteiger partial charge is 0.494 e. The highest BCUT2D eigenvalue weighted by Gasteiger charge is 2.23. The number of thiophene rings is 1. The van der Waals surface area contributed by atoms with Gasteiger partial charge in [-0.05, 0) is 22.9 Å². The van der Waals surface area contributed by atoms with Gasteiger partial charge in [0.2, 0.25) is 0 Å². The summed E-state index contributed by atoms with van der Waals surface area (Å²) < 4.78 is 10.9. The van der Waals surface area contributed by atoms with E-state index >= 15 is 0 Å². The number of amides is 1. The zero-order chi connectivity index (χ0) is 13.3. The normalized spacial score (nSPS) is 10.4. The molecule has 1 amide bonds. The summed E-state index contributed by atoms with van der Waals surface area (Å²) in [6.07, 6.45) is 0. The second-order valence-electron chi connectivity index (χ2n) is 3.61. The first-order chi connectivity index (χ1) is 8.54. The number of halogens is 1. The molecule has 2 aromatic rings. The van der Waals surface area contributed by atoms with E-state index in [0.717, 1.165) is 4.47 Å². The first-order valence-electron chi connectivity index (χ1n) is 5.07. The molecule has 0 radical (unpaired) electrons. The molecule has 0 atom stereocenters. The highest BCUT2D eigenvalue weighted by atomic mass is 79.9. The van der Waals surface area contributed by atoms with Gasteiger partial charge in [-0.2, -0.15) is 0 Å². The van der Waals surface area contributed by atoms with Gasteiger partial charge in [0.05, 0.1) is 11.6 Å². The van der Waals surface area contributed by atoms with Crippen LogP contribution in [0.15, 0.2) is 20.4 Å². The quantitative estimate of drug-likeness (QED) is 0.867. The Labute approximate surface area is 116 Å². The Hall–Kier alpha value is -1.34. The fourth-order valence-corrected chi connectivity index (χ4v) is 3.07. The predicted octanol–water partition coefficient (Wildman–Crippen LogP) is 3.09. The van der Waals surface area contributed by atoms with Crippen LogP contribution in [-0.4, -0.2) is 25.2 Å². The molecule has 0 saturated heterocycles. The predicted molar refractivity (Wildman–Crippen MR) is 72.5 cm³/mol. The number of carbonyl (C=O) groups is 1. The molecule has 0 fully saturated rings. The zero-order valence-electron chi connectivity index (χ0n) is 10.1. The Kier molecular flexibility index (Phi) is 3.72. The number of rotatable bonds is 3. The fourth-order valence-electron chi connectivity index (χ4n) is 1.43. The molecule has 0 unspecified atom stereocenters. The van der Waals surface area contributed by atoms with Crippen molar-refractivity contribution in [2.75, 3.05) is 19.1 Å². The number of carbonyl (C=O) groups excluding carboxylic acids is 1. The van der Waals surface area contributed by atoms with E-state index in [-0.39, 0.29) is 5.91 Å². The smallest absolute Gasteiger partial charge is 0.273 e. The zero-order valence-corrected chi connectivity index (χ0v) is 12.5. The van der Waals surface area contributed by atoms with Gasteiger partial charge >= 0.3 is 0 Å². The van der Waals surface area contributed by atoms with Crippen molar-refractivity contribution >= 4 is 39.0 Å². The molecule has 96 valence electrons. The SMILES string of the molecule is COc1c(Br)csc1C(=O)N(C)c1cc(C)on1. The molecule has 0 aliphatic heterocycles. The lowest BCUT2D eigenvalue weighted by Crippen LogP contribution is -2.26. The minimum absolute atomic E-state index is 0.184. The second-order valence-corrected chi connectivity index (χ2v) is 5.34. The van der Waals surface area contributed by atoms with Crippen LogP contribution in [0.3, 0.4) is 0 Å². The molecule has 0 N–H and O–H groups in total. The van der Waals surface area contributed by atoms with Gasteiger partial charge in [-0.15, -0.1) is 11.3 Å². The number of hydrogen-bond acceptors (Lipinski definition) is 5. The molecular weight excluding hydrogens is 320 g/mol. The van der Waals surface area contributed by atoms with E-state index in [1.54, 1.807) is 20.0 Å². The van der Waals surface area contributed by atoms with Crippen LogP contribution in [-0.2, 0) is 0 Å². The first kappa shape index (κ1) is 13.1. The van der Waals surface area contributed by atoms with E-state index in [1.807, 2.05) is 5.38 Å². The van der Waals surface area contributed by atoms with E-state index in [2.05, 4.69) is 21.1 Å². The van der Waals surface area contributed by atoms with Crippen LogP contribution in [0.2, 0.25) is 0 Å². The number of hydrogen-bond donors (Lipinski definition) is 0. The summed E-state index contributed by atoms with van der Waals surface area (Å²) in [4.78, 5) is 14.2. The Balaban J connectivity index is 2.31. The summed E-state index contributed by atoms with van der Waals surface area (Å²) in [5.41, 5.74) is 0. The van der Waals surface area contributed by atoms with Crippen LogP contribution in [0.1, 0.15) is 15.4 Å². The molecule has 0 saturated carbocycles. The summed E-state index contributed by atoms with van der Waals surface area (Å²) in [7, 11) is 3.18. The topological polar surface area (TPSA) is 55.6 Å². The van der Waals surface area contributed by atoms with Gasteiger partial charge in [0.1, 0.15) is 10.6 Å². The van der Waals surface area contributed by atoms with Crippen LogP contribution in [0.25, 0.3) is 0 Å². The van der Waals surface area contributed by atoms with Gasteiger partial charge in [0.25, 0.3) is 5.91 Å². The van der Waals surface area contributed by atoms with Gasteiger partial charge in [0, 0.05) is 18.5 Å². The number of anilines is 1. The lowest BCUT2D eigenvalue weighted by atomic mass is 10.3. The summed E-state index contributed by atoms with van der Waals surface area (Å²) >= 11 is 4.65. The van der Waals surface area contributed by atoms with Gasteiger partial charge in [-0.3, -0.25) is 9.69 Å². The van der Waals surface area contributed by atoms with Gasteiger partial charge in [0.15, 0.2) is 11.6 Å². The van der Waals surface area contributed by atoms with Gasteiger partial charge in [-0.1, -0.05) is 5.16 Å². The standard InChI is InChI=1S/C11H11BrN2O3S/c1-6-4-8(13-17-6)14(2)11(15)10-9(16-3)7(12)5-18-10/h4-5H,1-3H3. The van der Waals surface area contributed by atoms with Crippen molar-refractivity contribution in [1.82, 2.24) is 5.16 Å². The molecule has 2 aromatic heterocycles. The third kappa shape index (κ3) is 2.28. The van der Waals surface area contributed by atoms with Gasteiger partial charge < -0.3 is 9.26 Å². The van der Waals surface area contributed by atoms with Crippen LogP contribution >= 0.6 is 27.3 Å². The van der Waals surface area contributed by atoms with Crippen molar-refractivity contribution in [3.63, 3.8) is 0 Å².